The number of hydrogen-bond donors (Lipinski definition) is 0. The molecule has 0 aliphatic rings. The molecule has 1 rings (SSSR count). The summed E-state index contributed by atoms with van der Waals surface area (Å²) < 4.78 is 6.94. The summed E-state index contributed by atoms with van der Waals surface area (Å²) in [5, 5.41) is 4.07. The Morgan fingerprint density at radius 2 is 2.31 bits per heavy atom. The van der Waals surface area contributed by atoms with Crippen LogP contribution in [-0.4, -0.2) is 28.8 Å². The topological polar surface area (TPSA) is 44.1 Å². The van der Waals surface area contributed by atoms with Gasteiger partial charge in [-0.3, -0.25) is 9.48 Å². The molecule has 0 radical (unpaired) electrons. The number of aryl methyl sites for hydroxylation is 2. The molecule has 0 N–H and O–H groups in total. The summed E-state index contributed by atoms with van der Waals surface area (Å²) >= 11 is 0. The van der Waals surface area contributed by atoms with Crippen LogP contribution in [0.1, 0.15) is 31.7 Å². The highest BCUT2D eigenvalue weighted by atomic mass is 16.5. The Bertz CT molecular complexity index is 321. The maximum absolute atomic E-state index is 11.5. The molecule has 0 fully saturated rings. The fourth-order valence-corrected chi connectivity index (χ4v) is 1.53. The summed E-state index contributed by atoms with van der Waals surface area (Å²) in [4.78, 5) is 11.5. The van der Waals surface area contributed by atoms with Gasteiger partial charge in [-0.2, -0.15) is 5.10 Å². The smallest absolute Gasteiger partial charge is 0.133 e. The number of nitrogens with zero attached hydrogens (tertiary/aromatic N) is 2. The molecule has 4 nitrogen and oxygen atoms in total. The van der Waals surface area contributed by atoms with Crippen molar-refractivity contribution in [3.63, 3.8) is 0 Å². The third kappa shape index (κ3) is 5.07. The van der Waals surface area contributed by atoms with Crippen molar-refractivity contribution in [1.29, 1.82) is 0 Å². The average Bonchev–Trinajstić information content (AvgIpc) is 2.68. The monoisotopic (exact) mass is 224 g/mol. The molecular weight excluding hydrogens is 204 g/mol. The third-order valence-electron chi connectivity index (χ3n) is 2.40. The predicted octanol–water partition coefficient (Wildman–Crippen LogP) is 1.74. The van der Waals surface area contributed by atoms with Gasteiger partial charge in [0.05, 0.1) is 6.20 Å². The second-order valence-corrected chi connectivity index (χ2v) is 3.86. The first-order valence-electron chi connectivity index (χ1n) is 5.79. The van der Waals surface area contributed by atoms with Crippen molar-refractivity contribution < 1.29 is 9.53 Å². The molecule has 4 heteroatoms. The summed E-state index contributed by atoms with van der Waals surface area (Å²) in [5.41, 5.74) is 1.13. The van der Waals surface area contributed by atoms with Crippen LogP contribution in [0, 0.1) is 0 Å². The number of Topliss-reactive ketones (excluding diaryl/α,β-unsaturated/α-hetero) is 1. The van der Waals surface area contributed by atoms with Crippen LogP contribution in [0.2, 0.25) is 0 Å². The average molecular weight is 224 g/mol. The van der Waals surface area contributed by atoms with Gasteiger partial charge in [-0.1, -0.05) is 0 Å². The van der Waals surface area contributed by atoms with Crippen LogP contribution in [0.4, 0.5) is 0 Å². The molecule has 1 aromatic heterocycles. The van der Waals surface area contributed by atoms with E-state index >= 15 is 0 Å². The SMILES string of the molecule is CCOCCCC(=O)CCc1cnn(C)c1. The van der Waals surface area contributed by atoms with Crippen molar-refractivity contribution in [2.75, 3.05) is 13.2 Å². The molecule has 0 bridgehead atoms. The Kier molecular flexibility index (Phi) is 5.78. The van der Waals surface area contributed by atoms with E-state index in [0.717, 1.165) is 25.0 Å². The molecular formula is C12H20N2O2. The number of carbonyl (C=O) groups is 1. The van der Waals surface area contributed by atoms with Crippen LogP contribution in [0.3, 0.4) is 0 Å². The van der Waals surface area contributed by atoms with Crippen molar-refractivity contribution >= 4 is 5.78 Å². The molecule has 0 unspecified atom stereocenters. The minimum Gasteiger partial charge on any atom is -0.382 e. The first-order valence-corrected chi connectivity index (χ1v) is 5.79. The van der Waals surface area contributed by atoms with Gasteiger partial charge in [-0.25, -0.2) is 0 Å². The molecule has 16 heavy (non-hydrogen) atoms. The van der Waals surface area contributed by atoms with Gasteiger partial charge < -0.3 is 4.74 Å². The summed E-state index contributed by atoms with van der Waals surface area (Å²) in [6.45, 7) is 3.38. The molecule has 0 aliphatic carbocycles. The molecule has 1 heterocycles. The minimum atomic E-state index is 0.309. The summed E-state index contributed by atoms with van der Waals surface area (Å²) in [6.07, 6.45) is 6.63. The Labute approximate surface area is 96.6 Å². The van der Waals surface area contributed by atoms with E-state index in [1.165, 1.54) is 0 Å². The second-order valence-electron chi connectivity index (χ2n) is 3.86. The van der Waals surface area contributed by atoms with Crippen molar-refractivity contribution in [2.45, 2.75) is 32.6 Å². The maximum atomic E-state index is 11.5. The molecule has 0 saturated carbocycles. The molecule has 0 aliphatic heterocycles. The zero-order chi connectivity index (χ0) is 11.8. The van der Waals surface area contributed by atoms with Crippen LogP contribution in [0.15, 0.2) is 12.4 Å². The number of hydrogen-bond acceptors (Lipinski definition) is 3. The fraction of sp³-hybridized carbons (Fsp3) is 0.667. The normalized spacial score (nSPS) is 10.6. The van der Waals surface area contributed by atoms with Crippen LogP contribution < -0.4 is 0 Å². The lowest BCUT2D eigenvalue weighted by atomic mass is 10.1. The minimum absolute atomic E-state index is 0.309. The molecule has 0 spiro atoms. The molecule has 0 aromatic carbocycles. The lowest BCUT2D eigenvalue weighted by Crippen LogP contribution is -2.02. The standard InChI is InChI=1S/C12H20N2O2/c1-3-16-8-4-5-12(15)7-6-11-9-13-14(2)10-11/h9-10H,3-8H2,1-2H3. The number of ether oxygens (including phenoxy) is 1. The first-order chi connectivity index (χ1) is 7.72. The van der Waals surface area contributed by atoms with Gasteiger partial charge in [0.25, 0.3) is 0 Å². The van der Waals surface area contributed by atoms with E-state index in [-0.39, 0.29) is 0 Å². The number of rotatable bonds is 8. The Hall–Kier alpha value is -1.16. The third-order valence-corrected chi connectivity index (χ3v) is 2.40. The molecule has 0 atom stereocenters. The van der Waals surface area contributed by atoms with Crippen molar-refractivity contribution in [1.82, 2.24) is 9.78 Å². The number of ketones is 1. The van der Waals surface area contributed by atoms with Crippen molar-refractivity contribution in [3.05, 3.63) is 18.0 Å². The zero-order valence-corrected chi connectivity index (χ0v) is 10.1. The van der Waals surface area contributed by atoms with Gasteiger partial charge in [0, 0.05) is 39.3 Å². The highest BCUT2D eigenvalue weighted by molar-refractivity contribution is 5.78. The van der Waals surface area contributed by atoms with Crippen molar-refractivity contribution in [2.24, 2.45) is 7.05 Å². The van der Waals surface area contributed by atoms with E-state index in [1.807, 2.05) is 26.4 Å². The van der Waals surface area contributed by atoms with Gasteiger partial charge in [0.2, 0.25) is 0 Å². The number of carbonyl (C=O) groups excluding carboxylic acids is 1. The van der Waals surface area contributed by atoms with E-state index < -0.39 is 0 Å². The van der Waals surface area contributed by atoms with E-state index in [2.05, 4.69) is 5.10 Å². The first kappa shape index (κ1) is 12.9. The Morgan fingerprint density at radius 3 is 2.94 bits per heavy atom. The van der Waals surface area contributed by atoms with Gasteiger partial charge in [-0.05, 0) is 25.3 Å². The van der Waals surface area contributed by atoms with Crippen LogP contribution >= 0.6 is 0 Å². The zero-order valence-electron chi connectivity index (χ0n) is 10.1. The lowest BCUT2D eigenvalue weighted by Gasteiger charge is -2.00. The summed E-state index contributed by atoms with van der Waals surface area (Å²) in [5.74, 6) is 0.309. The number of aromatic nitrogens is 2. The van der Waals surface area contributed by atoms with Gasteiger partial charge in [-0.15, -0.1) is 0 Å². The second kappa shape index (κ2) is 7.17. The quantitative estimate of drug-likeness (QED) is 0.632. The molecule has 1 aromatic rings. The fourth-order valence-electron chi connectivity index (χ4n) is 1.53. The van der Waals surface area contributed by atoms with Crippen LogP contribution in [-0.2, 0) is 23.0 Å². The van der Waals surface area contributed by atoms with Crippen LogP contribution in [0.5, 0.6) is 0 Å². The largest absolute Gasteiger partial charge is 0.382 e. The van der Waals surface area contributed by atoms with E-state index in [0.29, 0.717) is 25.2 Å². The van der Waals surface area contributed by atoms with Gasteiger partial charge in [0.15, 0.2) is 0 Å². The van der Waals surface area contributed by atoms with E-state index in [4.69, 9.17) is 4.74 Å². The molecule has 90 valence electrons. The van der Waals surface area contributed by atoms with E-state index in [1.54, 1.807) is 4.68 Å². The highest BCUT2D eigenvalue weighted by Crippen LogP contribution is 2.04. The van der Waals surface area contributed by atoms with E-state index in [9.17, 15) is 4.79 Å². The van der Waals surface area contributed by atoms with Gasteiger partial charge >= 0.3 is 0 Å². The highest BCUT2D eigenvalue weighted by Gasteiger charge is 2.03. The Balaban J connectivity index is 2.10. The van der Waals surface area contributed by atoms with Gasteiger partial charge in [0.1, 0.15) is 5.78 Å². The lowest BCUT2D eigenvalue weighted by molar-refractivity contribution is -0.119. The van der Waals surface area contributed by atoms with Crippen LogP contribution in [0.25, 0.3) is 0 Å². The summed E-state index contributed by atoms with van der Waals surface area (Å²) in [6, 6.07) is 0. The molecule has 0 saturated heterocycles. The predicted molar refractivity (Wildman–Crippen MR) is 62.3 cm³/mol. The summed E-state index contributed by atoms with van der Waals surface area (Å²) in [7, 11) is 1.88. The Morgan fingerprint density at radius 1 is 1.50 bits per heavy atom. The van der Waals surface area contributed by atoms with Crippen molar-refractivity contribution in [3.8, 4) is 0 Å². The maximum Gasteiger partial charge on any atom is 0.133 e. The molecule has 0 amide bonds.